The van der Waals surface area contributed by atoms with Crippen LogP contribution in [0, 0.1) is 18.3 Å². The number of rotatable bonds is 1. The second kappa shape index (κ2) is 5.38. The van der Waals surface area contributed by atoms with Gasteiger partial charge in [-0.05, 0) is 30.7 Å². The largest absolute Gasteiger partial charge is 0.320 e. The molecule has 2 rings (SSSR count). The van der Waals surface area contributed by atoms with E-state index in [2.05, 4.69) is 11.4 Å². The number of nitrogens with zero attached hydrogens (tertiary/aromatic N) is 2. The minimum absolute atomic E-state index is 0.131. The van der Waals surface area contributed by atoms with Crippen molar-refractivity contribution in [3.8, 4) is 6.07 Å². The first kappa shape index (κ1) is 12.9. The van der Waals surface area contributed by atoms with Crippen molar-refractivity contribution in [2.75, 3.05) is 19.6 Å². The van der Waals surface area contributed by atoms with Crippen LogP contribution in [0.2, 0.25) is 5.02 Å². The van der Waals surface area contributed by atoms with E-state index in [-0.39, 0.29) is 5.91 Å². The second-order valence-electron chi connectivity index (χ2n) is 4.36. The van der Waals surface area contributed by atoms with Gasteiger partial charge in [0.05, 0.1) is 6.07 Å². The number of hydrogen-bond donors (Lipinski definition) is 1. The lowest BCUT2D eigenvalue weighted by Crippen LogP contribution is -2.53. The van der Waals surface area contributed by atoms with Crippen molar-refractivity contribution in [1.82, 2.24) is 10.2 Å². The number of nitriles is 1. The fourth-order valence-corrected chi connectivity index (χ4v) is 2.38. The molecular formula is C13H14ClN3O. The number of carbonyl (C=O) groups excluding carboxylic acids is 1. The Bertz CT molecular complexity index is 489. The van der Waals surface area contributed by atoms with E-state index in [1.165, 1.54) is 0 Å². The number of nitrogens with one attached hydrogen (secondary N) is 1. The lowest BCUT2D eigenvalue weighted by atomic mass is 10.1. The van der Waals surface area contributed by atoms with Crippen LogP contribution in [0.1, 0.15) is 15.9 Å². The highest BCUT2D eigenvalue weighted by Crippen LogP contribution is 2.17. The Morgan fingerprint density at radius 1 is 1.56 bits per heavy atom. The van der Waals surface area contributed by atoms with Gasteiger partial charge in [0.2, 0.25) is 0 Å². The van der Waals surface area contributed by atoms with Crippen LogP contribution in [-0.2, 0) is 0 Å². The maximum atomic E-state index is 12.4. The van der Waals surface area contributed by atoms with Crippen molar-refractivity contribution in [2.24, 2.45) is 0 Å². The van der Waals surface area contributed by atoms with Gasteiger partial charge < -0.3 is 10.2 Å². The molecule has 0 bridgehead atoms. The third kappa shape index (κ3) is 2.63. The minimum atomic E-state index is -0.412. The van der Waals surface area contributed by atoms with Gasteiger partial charge in [0.15, 0.2) is 0 Å². The Labute approximate surface area is 111 Å². The summed E-state index contributed by atoms with van der Waals surface area (Å²) in [7, 11) is 0. The fourth-order valence-electron chi connectivity index (χ4n) is 2.09. The molecule has 0 aliphatic carbocycles. The van der Waals surface area contributed by atoms with Crippen LogP contribution in [0.15, 0.2) is 18.2 Å². The summed E-state index contributed by atoms with van der Waals surface area (Å²) in [6.45, 7) is 3.66. The van der Waals surface area contributed by atoms with Gasteiger partial charge in [-0.1, -0.05) is 11.6 Å². The van der Waals surface area contributed by atoms with Crippen LogP contribution in [-0.4, -0.2) is 36.5 Å². The zero-order valence-corrected chi connectivity index (χ0v) is 10.9. The SMILES string of the molecule is Cc1cc(Cl)cc(C(=O)N2CCNCC2C#N)c1. The topological polar surface area (TPSA) is 56.1 Å². The first-order valence-electron chi connectivity index (χ1n) is 5.80. The highest BCUT2D eigenvalue weighted by atomic mass is 35.5. The van der Waals surface area contributed by atoms with E-state index in [4.69, 9.17) is 16.9 Å². The summed E-state index contributed by atoms with van der Waals surface area (Å²) in [5.41, 5.74) is 1.48. The van der Waals surface area contributed by atoms with Crippen molar-refractivity contribution in [2.45, 2.75) is 13.0 Å². The monoisotopic (exact) mass is 263 g/mol. The van der Waals surface area contributed by atoms with Gasteiger partial charge >= 0.3 is 0 Å². The molecule has 1 unspecified atom stereocenters. The predicted octanol–water partition coefficient (Wildman–Crippen LogP) is 1.59. The van der Waals surface area contributed by atoms with Gasteiger partial charge in [0, 0.05) is 30.2 Å². The summed E-state index contributed by atoms with van der Waals surface area (Å²) in [6, 6.07) is 6.98. The maximum Gasteiger partial charge on any atom is 0.255 e. The molecule has 5 heteroatoms. The normalized spacial score (nSPS) is 19.4. The van der Waals surface area contributed by atoms with Crippen LogP contribution >= 0.6 is 11.6 Å². The van der Waals surface area contributed by atoms with Gasteiger partial charge in [-0.25, -0.2) is 0 Å². The Balaban J connectivity index is 2.27. The number of aryl methyl sites for hydroxylation is 1. The molecule has 1 atom stereocenters. The van der Waals surface area contributed by atoms with Crippen LogP contribution in [0.3, 0.4) is 0 Å². The second-order valence-corrected chi connectivity index (χ2v) is 4.80. The molecule has 1 saturated heterocycles. The number of amides is 1. The summed E-state index contributed by atoms with van der Waals surface area (Å²) in [5.74, 6) is -0.131. The molecule has 1 aromatic rings. The van der Waals surface area contributed by atoms with Gasteiger partial charge in [-0.2, -0.15) is 5.26 Å². The Morgan fingerprint density at radius 2 is 2.33 bits per heavy atom. The van der Waals surface area contributed by atoms with Crippen LogP contribution in [0.25, 0.3) is 0 Å². The van der Waals surface area contributed by atoms with E-state index < -0.39 is 6.04 Å². The van der Waals surface area contributed by atoms with Crippen molar-refractivity contribution in [3.05, 3.63) is 34.3 Å². The number of benzene rings is 1. The molecule has 1 aliphatic rings. The lowest BCUT2D eigenvalue weighted by Gasteiger charge is -2.32. The van der Waals surface area contributed by atoms with E-state index in [1.54, 1.807) is 23.1 Å². The molecule has 1 aromatic carbocycles. The molecule has 1 fully saturated rings. The van der Waals surface area contributed by atoms with Crippen molar-refractivity contribution in [3.63, 3.8) is 0 Å². The fraction of sp³-hybridized carbons (Fsp3) is 0.385. The van der Waals surface area contributed by atoms with Crippen molar-refractivity contribution in [1.29, 1.82) is 5.26 Å². The molecule has 94 valence electrons. The number of hydrogen-bond acceptors (Lipinski definition) is 3. The molecule has 1 heterocycles. The number of piperazine rings is 1. The summed E-state index contributed by atoms with van der Waals surface area (Å²) < 4.78 is 0. The molecule has 1 N–H and O–H groups in total. The van der Waals surface area contributed by atoms with Crippen LogP contribution in [0.5, 0.6) is 0 Å². The van der Waals surface area contributed by atoms with Crippen molar-refractivity contribution < 1.29 is 4.79 Å². The van der Waals surface area contributed by atoms with Gasteiger partial charge in [0.1, 0.15) is 6.04 Å². The zero-order chi connectivity index (χ0) is 13.1. The average molecular weight is 264 g/mol. The lowest BCUT2D eigenvalue weighted by molar-refractivity contribution is 0.0687. The molecular weight excluding hydrogens is 250 g/mol. The molecule has 1 amide bonds. The van der Waals surface area contributed by atoms with E-state index >= 15 is 0 Å². The highest BCUT2D eigenvalue weighted by molar-refractivity contribution is 6.31. The molecule has 0 saturated carbocycles. The Kier molecular flexibility index (Phi) is 3.85. The Hall–Kier alpha value is -1.57. The quantitative estimate of drug-likeness (QED) is 0.837. The Morgan fingerprint density at radius 3 is 3.00 bits per heavy atom. The van der Waals surface area contributed by atoms with E-state index in [0.29, 0.717) is 30.2 Å². The molecule has 0 aromatic heterocycles. The highest BCUT2D eigenvalue weighted by Gasteiger charge is 2.27. The summed E-state index contributed by atoms with van der Waals surface area (Å²) in [4.78, 5) is 14.0. The van der Waals surface area contributed by atoms with Gasteiger partial charge in [0.25, 0.3) is 5.91 Å². The first-order valence-corrected chi connectivity index (χ1v) is 6.18. The smallest absolute Gasteiger partial charge is 0.255 e. The number of halogens is 1. The molecule has 4 nitrogen and oxygen atoms in total. The maximum absolute atomic E-state index is 12.4. The summed E-state index contributed by atoms with van der Waals surface area (Å²) >= 11 is 5.96. The third-order valence-electron chi connectivity index (χ3n) is 2.94. The minimum Gasteiger partial charge on any atom is -0.320 e. The van der Waals surface area contributed by atoms with Crippen LogP contribution in [0.4, 0.5) is 0 Å². The molecule has 18 heavy (non-hydrogen) atoms. The van der Waals surface area contributed by atoms with Crippen LogP contribution < -0.4 is 5.32 Å². The van der Waals surface area contributed by atoms with E-state index in [1.807, 2.05) is 6.92 Å². The van der Waals surface area contributed by atoms with E-state index in [0.717, 1.165) is 5.56 Å². The summed E-state index contributed by atoms with van der Waals surface area (Å²) in [6.07, 6.45) is 0. The third-order valence-corrected chi connectivity index (χ3v) is 3.16. The van der Waals surface area contributed by atoms with E-state index in [9.17, 15) is 4.79 Å². The molecule has 0 radical (unpaired) electrons. The number of carbonyl (C=O) groups is 1. The van der Waals surface area contributed by atoms with Gasteiger partial charge in [-0.15, -0.1) is 0 Å². The average Bonchev–Trinajstić information content (AvgIpc) is 2.36. The standard InChI is InChI=1S/C13H14ClN3O/c1-9-4-10(6-11(14)5-9)13(18)17-3-2-16-8-12(17)7-15/h4-6,12,16H,2-3,8H2,1H3. The summed E-state index contributed by atoms with van der Waals surface area (Å²) in [5, 5.41) is 12.7. The first-order chi connectivity index (χ1) is 8.61. The molecule has 0 spiro atoms. The van der Waals surface area contributed by atoms with Gasteiger partial charge in [-0.3, -0.25) is 4.79 Å². The predicted molar refractivity (Wildman–Crippen MR) is 69.5 cm³/mol. The zero-order valence-electron chi connectivity index (χ0n) is 10.1. The molecule has 1 aliphatic heterocycles. The van der Waals surface area contributed by atoms with Crippen molar-refractivity contribution >= 4 is 17.5 Å².